The Balaban J connectivity index is 1.63. The van der Waals surface area contributed by atoms with Crippen molar-refractivity contribution in [3.05, 3.63) is 48.0 Å². The number of anilines is 1. The molecule has 1 aliphatic carbocycles. The molecular weight excluding hydrogens is 382 g/mol. The SMILES string of the molecule is N=C1C=C(N)C(OCCO)=CC1=Nc1c(NCCN2CCCC2)nn2ccccc12. The van der Waals surface area contributed by atoms with Crippen LogP contribution in [0, 0.1) is 5.41 Å². The number of pyridine rings is 1. The first-order valence-corrected chi connectivity index (χ1v) is 10.2. The summed E-state index contributed by atoms with van der Waals surface area (Å²) in [5.41, 5.74) is 8.43. The van der Waals surface area contributed by atoms with Crippen molar-refractivity contribution in [2.45, 2.75) is 12.8 Å². The molecule has 0 bridgehead atoms. The molecule has 0 spiro atoms. The van der Waals surface area contributed by atoms with Crippen molar-refractivity contribution in [3.8, 4) is 0 Å². The predicted octanol–water partition coefficient (Wildman–Crippen LogP) is 1.68. The maximum absolute atomic E-state index is 9.02. The molecule has 2 aromatic rings. The van der Waals surface area contributed by atoms with Crippen LogP contribution in [0.5, 0.6) is 0 Å². The largest absolute Gasteiger partial charge is 0.489 e. The van der Waals surface area contributed by atoms with Gasteiger partial charge in [-0.25, -0.2) is 9.51 Å². The summed E-state index contributed by atoms with van der Waals surface area (Å²) in [6.45, 7) is 4.03. The van der Waals surface area contributed by atoms with Gasteiger partial charge in [0.25, 0.3) is 0 Å². The van der Waals surface area contributed by atoms with E-state index in [1.165, 1.54) is 18.9 Å². The maximum Gasteiger partial charge on any atom is 0.175 e. The Labute approximate surface area is 175 Å². The van der Waals surface area contributed by atoms with Crippen molar-refractivity contribution in [1.29, 1.82) is 5.41 Å². The van der Waals surface area contributed by atoms with E-state index < -0.39 is 0 Å². The Morgan fingerprint density at radius 3 is 2.90 bits per heavy atom. The number of allylic oxidation sites excluding steroid dienone is 2. The number of hydrogen-bond acceptors (Lipinski definition) is 8. The molecule has 1 fully saturated rings. The van der Waals surface area contributed by atoms with Crippen LogP contribution < -0.4 is 11.1 Å². The molecule has 2 aromatic heterocycles. The van der Waals surface area contributed by atoms with Crippen LogP contribution in [-0.4, -0.2) is 70.4 Å². The van der Waals surface area contributed by atoms with E-state index in [2.05, 4.69) is 15.3 Å². The fourth-order valence-corrected chi connectivity index (χ4v) is 3.63. The quantitative estimate of drug-likeness (QED) is 0.492. The Bertz CT molecular complexity index is 1020. The molecule has 4 rings (SSSR count). The van der Waals surface area contributed by atoms with Gasteiger partial charge in [-0.3, -0.25) is 5.41 Å². The lowest BCUT2D eigenvalue weighted by atomic mass is 10.1. The number of nitrogens with one attached hydrogen (secondary N) is 2. The Morgan fingerprint density at radius 1 is 1.27 bits per heavy atom. The minimum absolute atomic E-state index is 0.117. The number of aliphatic imine (C=N–C) groups is 1. The third-order valence-electron chi connectivity index (χ3n) is 5.14. The van der Waals surface area contributed by atoms with Gasteiger partial charge >= 0.3 is 0 Å². The first-order chi connectivity index (χ1) is 14.7. The van der Waals surface area contributed by atoms with E-state index in [1.54, 1.807) is 10.6 Å². The van der Waals surface area contributed by atoms with Crippen LogP contribution >= 0.6 is 0 Å². The fourth-order valence-electron chi connectivity index (χ4n) is 3.63. The third kappa shape index (κ3) is 4.37. The number of nitrogens with zero attached hydrogens (tertiary/aromatic N) is 4. The molecule has 0 aromatic carbocycles. The van der Waals surface area contributed by atoms with Gasteiger partial charge in [-0.2, -0.15) is 0 Å². The number of fused-ring (bicyclic) bond motifs is 1. The zero-order valence-electron chi connectivity index (χ0n) is 16.8. The van der Waals surface area contributed by atoms with Gasteiger partial charge in [0.05, 0.1) is 29.2 Å². The highest BCUT2D eigenvalue weighted by Crippen LogP contribution is 2.30. The lowest BCUT2D eigenvalue weighted by Gasteiger charge is -2.16. The summed E-state index contributed by atoms with van der Waals surface area (Å²) < 4.78 is 7.26. The molecule has 30 heavy (non-hydrogen) atoms. The Hall–Kier alpha value is -3.17. The highest BCUT2D eigenvalue weighted by molar-refractivity contribution is 6.50. The second-order valence-electron chi connectivity index (χ2n) is 7.29. The van der Waals surface area contributed by atoms with Crippen LogP contribution in [0.25, 0.3) is 5.52 Å². The van der Waals surface area contributed by atoms with E-state index in [4.69, 9.17) is 26.0 Å². The summed E-state index contributed by atoms with van der Waals surface area (Å²) in [5, 5.41) is 25.3. The summed E-state index contributed by atoms with van der Waals surface area (Å²) in [4.78, 5) is 7.18. The molecule has 5 N–H and O–H groups in total. The molecule has 0 amide bonds. The number of rotatable bonds is 8. The van der Waals surface area contributed by atoms with Crippen LogP contribution in [0.1, 0.15) is 12.8 Å². The molecule has 0 saturated carbocycles. The summed E-state index contributed by atoms with van der Waals surface area (Å²) in [6, 6.07) is 5.80. The van der Waals surface area contributed by atoms with E-state index in [9.17, 15) is 0 Å². The second-order valence-corrected chi connectivity index (χ2v) is 7.29. The molecule has 0 atom stereocenters. The number of hydrogen-bond donors (Lipinski definition) is 4. The Kier molecular flexibility index (Phi) is 6.10. The molecule has 1 saturated heterocycles. The van der Waals surface area contributed by atoms with Gasteiger partial charge in [0.2, 0.25) is 0 Å². The highest BCUT2D eigenvalue weighted by atomic mass is 16.5. The highest BCUT2D eigenvalue weighted by Gasteiger charge is 2.19. The van der Waals surface area contributed by atoms with Crippen LogP contribution in [0.2, 0.25) is 0 Å². The van der Waals surface area contributed by atoms with Crippen LogP contribution in [-0.2, 0) is 4.74 Å². The molecule has 0 unspecified atom stereocenters. The lowest BCUT2D eigenvalue weighted by Crippen LogP contribution is -2.26. The number of aliphatic hydroxyl groups is 1. The van der Waals surface area contributed by atoms with Crippen LogP contribution in [0.15, 0.2) is 53.0 Å². The van der Waals surface area contributed by atoms with Gasteiger partial charge in [-0.15, -0.1) is 5.10 Å². The zero-order valence-corrected chi connectivity index (χ0v) is 16.8. The molecule has 1 aliphatic heterocycles. The molecule has 0 radical (unpaired) electrons. The smallest absolute Gasteiger partial charge is 0.175 e. The summed E-state index contributed by atoms with van der Waals surface area (Å²) >= 11 is 0. The minimum Gasteiger partial charge on any atom is -0.489 e. The van der Waals surface area contributed by atoms with E-state index in [-0.39, 0.29) is 18.9 Å². The van der Waals surface area contributed by atoms with E-state index in [0.717, 1.165) is 31.7 Å². The van der Waals surface area contributed by atoms with Crippen molar-refractivity contribution in [3.63, 3.8) is 0 Å². The van der Waals surface area contributed by atoms with Crippen molar-refractivity contribution in [2.75, 3.05) is 44.7 Å². The lowest BCUT2D eigenvalue weighted by molar-refractivity contribution is 0.149. The number of likely N-dealkylation sites (tertiary alicyclic amines) is 1. The molecule has 9 nitrogen and oxygen atoms in total. The van der Waals surface area contributed by atoms with Gasteiger partial charge in [-0.05, 0) is 44.1 Å². The third-order valence-corrected chi connectivity index (χ3v) is 5.14. The van der Waals surface area contributed by atoms with Gasteiger partial charge in [0.15, 0.2) is 5.82 Å². The van der Waals surface area contributed by atoms with Gasteiger partial charge < -0.3 is 25.8 Å². The van der Waals surface area contributed by atoms with E-state index >= 15 is 0 Å². The number of aromatic nitrogens is 2. The van der Waals surface area contributed by atoms with Crippen LogP contribution in [0.3, 0.4) is 0 Å². The van der Waals surface area contributed by atoms with Crippen molar-refractivity contribution in [1.82, 2.24) is 14.5 Å². The van der Waals surface area contributed by atoms with E-state index in [0.29, 0.717) is 28.7 Å². The molecule has 2 aliphatic rings. The summed E-state index contributed by atoms with van der Waals surface area (Å²) in [6.07, 6.45) is 7.55. The topological polar surface area (TPSA) is 124 Å². The maximum atomic E-state index is 9.02. The van der Waals surface area contributed by atoms with Gasteiger partial charge in [-0.1, -0.05) is 6.07 Å². The summed E-state index contributed by atoms with van der Waals surface area (Å²) in [7, 11) is 0. The molecule has 3 heterocycles. The molecular formula is C21H27N7O2. The molecule has 158 valence electrons. The minimum atomic E-state index is -0.117. The number of ether oxygens (including phenoxy) is 1. The number of aliphatic hydroxyl groups excluding tert-OH is 1. The van der Waals surface area contributed by atoms with Crippen molar-refractivity contribution < 1.29 is 9.84 Å². The predicted molar refractivity (Wildman–Crippen MR) is 118 cm³/mol. The number of nitrogens with two attached hydrogens (primary N) is 1. The molecule has 9 heteroatoms. The average Bonchev–Trinajstić information content (AvgIpc) is 3.37. The second kappa shape index (κ2) is 9.10. The van der Waals surface area contributed by atoms with E-state index in [1.807, 2.05) is 24.4 Å². The van der Waals surface area contributed by atoms with Crippen molar-refractivity contribution >= 4 is 28.4 Å². The monoisotopic (exact) mass is 409 g/mol. The average molecular weight is 409 g/mol. The first-order valence-electron chi connectivity index (χ1n) is 10.2. The summed E-state index contributed by atoms with van der Waals surface area (Å²) in [5.74, 6) is 1.08. The zero-order chi connectivity index (χ0) is 20.9. The van der Waals surface area contributed by atoms with Crippen LogP contribution in [0.4, 0.5) is 11.5 Å². The van der Waals surface area contributed by atoms with Gasteiger partial charge in [0, 0.05) is 25.4 Å². The normalized spacial score (nSPS) is 18.7. The fraction of sp³-hybridized carbons (Fsp3) is 0.381. The standard InChI is InChI=1S/C21H27N7O2/c22-15-13-16(23)19(30-12-11-29)14-17(15)25-20-18-5-1-2-9-28(18)26-21(20)24-6-10-27-7-3-4-8-27/h1-2,5,9,13-14,22,29H,3-4,6-8,10-12,23H2,(H,24,26). The Morgan fingerprint density at radius 2 is 2.10 bits per heavy atom. The van der Waals surface area contributed by atoms with Gasteiger partial charge in [0.1, 0.15) is 18.1 Å². The first kappa shape index (κ1) is 20.1. The van der Waals surface area contributed by atoms with Crippen molar-refractivity contribution in [2.24, 2.45) is 10.7 Å².